The molecular formula is C18H21BrN2O3. The van der Waals surface area contributed by atoms with Crippen LogP contribution in [0, 0.1) is 0 Å². The van der Waals surface area contributed by atoms with Crippen LogP contribution < -0.4 is 10.2 Å². The summed E-state index contributed by atoms with van der Waals surface area (Å²) in [4.78, 5) is 25.8. The highest BCUT2D eigenvalue weighted by atomic mass is 79.9. The van der Waals surface area contributed by atoms with Crippen molar-refractivity contribution in [3.05, 3.63) is 40.9 Å². The van der Waals surface area contributed by atoms with Crippen molar-refractivity contribution in [3.8, 4) is 0 Å². The summed E-state index contributed by atoms with van der Waals surface area (Å²) in [6.07, 6.45) is 3.35. The molecule has 24 heavy (non-hydrogen) atoms. The first-order valence-electron chi connectivity index (χ1n) is 8.14. The molecule has 0 aromatic heterocycles. The Bertz CT molecular complexity index is 668. The number of carbonyl (C=O) groups excluding carboxylic acids is 2. The van der Waals surface area contributed by atoms with Gasteiger partial charge in [0.2, 0.25) is 11.8 Å². The molecule has 1 saturated heterocycles. The summed E-state index contributed by atoms with van der Waals surface area (Å²) in [5, 5.41) is 2.66. The van der Waals surface area contributed by atoms with E-state index in [0.29, 0.717) is 13.1 Å². The molecule has 1 aromatic carbocycles. The molecule has 2 heterocycles. The van der Waals surface area contributed by atoms with E-state index in [1.807, 2.05) is 17.0 Å². The third-order valence-corrected chi connectivity index (χ3v) is 5.35. The number of benzene rings is 1. The largest absolute Gasteiger partial charge is 0.381 e. The topological polar surface area (TPSA) is 58.6 Å². The zero-order valence-corrected chi connectivity index (χ0v) is 15.1. The lowest BCUT2D eigenvalue weighted by molar-refractivity contribution is -0.119. The van der Waals surface area contributed by atoms with Gasteiger partial charge in [-0.15, -0.1) is 0 Å². The number of ether oxygens (including phenoxy) is 1. The highest BCUT2D eigenvalue weighted by molar-refractivity contribution is 9.10. The molecule has 3 rings (SSSR count). The molecule has 128 valence electrons. The second-order valence-corrected chi connectivity index (χ2v) is 7.19. The van der Waals surface area contributed by atoms with Crippen molar-refractivity contribution in [2.75, 3.05) is 31.2 Å². The summed E-state index contributed by atoms with van der Waals surface area (Å²) in [6, 6.07) is 6.17. The Kier molecular flexibility index (Phi) is 5.06. The van der Waals surface area contributed by atoms with Crippen LogP contribution >= 0.6 is 15.9 Å². The van der Waals surface area contributed by atoms with Gasteiger partial charge in [0, 0.05) is 48.3 Å². The van der Waals surface area contributed by atoms with Gasteiger partial charge in [0.15, 0.2) is 0 Å². The first-order valence-corrected chi connectivity index (χ1v) is 8.93. The highest BCUT2D eigenvalue weighted by Crippen LogP contribution is 2.47. The maximum Gasteiger partial charge on any atom is 0.243 e. The van der Waals surface area contributed by atoms with Crippen molar-refractivity contribution >= 4 is 33.4 Å². The fourth-order valence-corrected chi connectivity index (χ4v) is 3.91. The average molecular weight is 393 g/mol. The lowest BCUT2D eigenvalue weighted by Crippen LogP contribution is -2.41. The molecule has 0 aliphatic carbocycles. The summed E-state index contributed by atoms with van der Waals surface area (Å²) < 4.78 is 6.49. The lowest BCUT2D eigenvalue weighted by Gasteiger charge is -2.34. The van der Waals surface area contributed by atoms with Crippen molar-refractivity contribution in [2.24, 2.45) is 0 Å². The Morgan fingerprint density at radius 2 is 2.12 bits per heavy atom. The van der Waals surface area contributed by atoms with Crippen LogP contribution in [0.2, 0.25) is 0 Å². The SMILES string of the molecule is C=CC(=O)NCCC(=O)N1CC2(CCOCC2)c2ccc(Br)cc21. The smallest absolute Gasteiger partial charge is 0.243 e. The zero-order valence-electron chi connectivity index (χ0n) is 13.5. The summed E-state index contributed by atoms with van der Waals surface area (Å²) in [7, 11) is 0. The number of hydrogen-bond donors (Lipinski definition) is 1. The van der Waals surface area contributed by atoms with Crippen LogP contribution in [0.1, 0.15) is 24.8 Å². The number of fused-ring (bicyclic) bond motifs is 2. The molecule has 0 unspecified atom stereocenters. The fourth-order valence-electron chi connectivity index (χ4n) is 3.56. The summed E-state index contributed by atoms with van der Waals surface area (Å²) in [5.74, 6) is -0.227. The second-order valence-electron chi connectivity index (χ2n) is 6.28. The predicted octanol–water partition coefficient (Wildman–Crippen LogP) is 2.54. The molecule has 1 spiro atoms. The maximum atomic E-state index is 12.7. The molecule has 1 N–H and O–H groups in total. The van der Waals surface area contributed by atoms with Gasteiger partial charge in [0.05, 0.1) is 0 Å². The van der Waals surface area contributed by atoms with Crippen molar-refractivity contribution in [3.63, 3.8) is 0 Å². The van der Waals surface area contributed by atoms with E-state index >= 15 is 0 Å². The first-order chi connectivity index (χ1) is 11.6. The van der Waals surface area contributed by atoms with E-state index in [4.69, 9.17) is 4.74 Å². The van der Waals surface area contributed by atoms with Gasteiger partial charge in [-0.3, -0.25) is 9.59 Å². The van der Waals surface area contributed by atoms with Gasteiger partial charge in [-0.1, -0.05) is 28.6 Å². The molecule has 1 fully saturated rings. The highest BCUT2D eigenvalue weighted by Gasteiger charge is 2.45. The van der Waals surface area contributed by atoms with Crippen LogP contribution in [0.5, 0.6) is 0 Å². The van der Waals surface area contributed by atoms with E-state index in [-0.39, 0.29) is 23.7 Å². The minimum absolute atomic E-state index is 0.00565. The van der Waals surface area contributed by atoms with Crippen molar-refractivity contribution < 1.29 is 14.3 Å². The van der Waals surface area contributed by atoms with Gasteiger partial charge in [0.1, 0.15) is 0 Å². The lowest BCUT2D eigenvalue weighted by atomic mass is 9.76. The summed E-state index contributed by atoms with van der Waals surface area (Å²) in [6.45, 7) is 5.88. The molecule has 2 aliphatic rings. The molecule has 0 radical (unpaired) electrons. The summed E-state index contributed by atoms with van der Waals surface area (Å²) >= 11 is 3.50. The third kappa shape index (κ3) is 3.26. The van der Waals surface area contributed by atoms with Gasteiger partial charge < -0.3 is 15.0 Å². The molecule has 2 amide bonds. The molecule has 5 nitrogen and oxygen atoms in total. The Balaban J connectivity index is 1.79. The molecule has 0 bridgehead atoms. The first kappa shape index (κ1) is 17.2. The van der Waals surface area contributed by atoms with Crippen LogP contribution in [-0.2, 0) is 19.7 Å². The number of carbonyl (C=O) groups is 2. The van der Waals surface area contributed by atoms with E-state index in [0.717, 1.165) is 36.2 Å². The number of halogens is 1. The minimum Gasteiger partial charge on any atom is -0.381 e. The zero-order chi connectivity index (χ0) is 17.2. The Morgan fingerprint density at radius 3 is 2.83 bits per heavy atom. The number of hydrogen-bond acceptors (Lipinski definition) is 3. The van der Waals surface area contributed by atoms with Crippen LogP contribution in [0.25, 0.3) is 0 Å². The van der Waals surface area contributed by atoms with E-state index in [2.05, 4.69) is 33.9 Å². The van der Waals surface area contributed by atoms with Gasteiger partial charge in [0.25, 0.3) is 0 Å². The van der Waals surface area contributed by atoms with Crippen molar-refractivity contribution in [1.82, 2.24) is 5.32 Å². The molecule has 0 atom stereocenters. The van der Waals surface area contributed by atoms with Crippen molar-refractivity contribution in [2.45, 2.75) is 24.7 Å². The fraction of sp³-hybridized carbons (Fsp3) is 0.444. The third-order valence-electron chi connectivity index (χ3n) is 4.86. The molecular weight excluding hydrogens is 372 g/mol. The number of rotatable bonds is 4. The number of nitrogens with one attached hydrogen (secondary N) is 1. The quantitative estimate of drug-likeness (QED) is 0.800. The number of anilines is 1. The van der Waals surface area contributed by atoms with Gasteiger partial charge in [-0.25, -0.2) is 0 Å². The normalized spacial score (nSPS) is 18.3. The van der Waals surface area contributed by atoms with Crippen LogP contribution in [0.15, 0.2) is 35.3 Å². The number of nitrogens with zero attached hydrogens (tertiary/aromatic N) is 1. The minimum atomic E-state index is -0.256. The van der Waals surface area contributed by atoms with E-state index in [9.17, 15) is 9.59 Å². The molecule has 0 saturated carbocycles. The van der Waals surface area contributed by atoms with Crippen molar-refractivity contribution in [1.29, 1.82) is 0 Å². The van der Waals surface area contributed by atoms with E-state index in [1.54, 1.807) is 0 Å². The van der Waals surface area contributed by atoms with E-state index < -0.39 is 0 Å². The van der Waals surface area contributed by atoms with Crippen LogP contribution in [0.3, 0.4) is 0 Å². The van der Waals surface area contributed by atoms with E-state index in [1.165, 1.54) is 11.6 Å². The Labute approximate surface area is 150 Å². The monoisotopic (exact) mass is 392 g/mol. The summed E-state index contributed by atoms with van der Waals surface area (Å²) in [5.41, 5.74) is 2.21. The Hall–Kier alpha value is -1.66. The van der Waals surface area contributed by atoms with Gasteiger partial charge in [-0.2, -0.15) is 0 Å². The van der Waals surface area contributed by atoms with Crippen LogP contribution in [0.4, 0.5) is 5.69 Å². The molecule has 1 aromatic rings. The average Bonchev–Trinajstić information content (AvgIpc) is 2.88. The molecule has 6 heteroatoms. The molecule has 2 aliphatic heterocycles. The number of amides is 2. The van der Waals surface area contributed by atoms with Crippen LogP contribution in [-0.4, -0.2) is 38.1 Å². The Morgan fingerprint density at radius 1 is 1.38 bits per heavy atom. The van der Waals surface area contributed by atoms with Gasteiger partial charge >= 0.3 is 0 Å². The maximum absolute atomic E-state index is 12.7. The standard InChI is InChI=1S/C18H21BrN2O3/c1-2-16(22)20-8-5-17(23)21-12-18(6-9-24-10-7-18)14-4-3-13(19)11-15(14)21/h2-4,11H,1,5-10,12H2,(H,20,22). The van der Waals surface area contributed by atoms with Gasteiger partial charge in [-0.05, 0) is 36.6 Å². The second kappa shape index (κ2) is 7.07. The predicted molar refractivity (Wildman–Crippen MR) is 96.0 cm³/mol.